The molecule has 0 aromatic heterocycles. The molecular formula is C15H18O5S. The van der Waals surface area contributed by atoms with Crippen molar-refractivity contribution < 1.29 is 24.2 Å². The molecule has 5 nitrogen and oxygen atoms in total. The lowest BCUT2D eigenvalue weighted by atomic mass is 9.88. The highest BCUT2D eigenvalue weighted by Crippen LogP contribution is 2.44. The van der Waals surface area contributed by atoms with Crippen LogP contribution in [0.2, 0.25) is 0 Å². The van der Waals surface area contributed by atoms with Gasteiger partial charge in [-0.05, 0) is 24.2 Å². The van der Waals surface area contributed by atoms with Crippen LogP contribution >= 0.6 is 11.8 Å². The van der Waals surface area contributed by atoms with Gasteiger partial charge in [-0.25, -0.2) is 9.59 Å². The summed E-state index contributed by atoms with van der Waals surface area (Å²) in [6.45, 7) is 0. The lowest BCUT2D eigenvalue weighted by molar-refractivity contribution is -0.151. The highest BCUT2D eigenvalue weighted by atomic mass is 32.2. The van der Waals surface area contributed by atoms with Gasteiger partial charge in [-0.15, -0.1) is 0 Å². The summed E-state index contributed by atoms with van der Waals surface area (Å²) >= 11 is 1.33. The number of ketones is 1. The van der Waals surface area contributed by atoms with Crippen LogP contribution in [0, 0.1) is 5.92 Å². The van der Waals surface area contributed by atoms with Gasteiger partial charge in [-0.2, -0.15) is 0 Å². The van der Waals surface area contributed by atoms with Crippen molar-refractivity contribution in [1.82, 2.24) is 0 Å². The number of carboxylic acids is 1. The van der Waals surface area contributed by atoms with E-state index in [9.17, 15) is 19.5 Å². The Bertz CT molecular complexity index is 532. The molecule has 0 saturated carbocycles. The van der Waals surface area contributed by atoms with Gasteiger partial charge in [0.15, 0.2) is 0 Å². The number of Topliss-reactive ketones (excluding diaryl/α,β-unsaturated/α-hetero) is 1. The molecule has 2 aliphatic rings. The summed E-state index contributed by atoms with van der Waals surface area (Å²) in [5, 5.41) is 9.46. The highest BCUT2D eigenvalue weighted by molar-refractivity contribution is 8.06. The molecule has 6 heteroatoms. The maximum Gasteiger partial charge on any atom is 0.374 e. The van der Waals surface area contributed by atoms with E-state index in [1.807, 2.05) is 6.08 Å². The third-order valence-electron chi connectivity index (χ3n) is 3.72. The molecule has 1 N–H and O–H groups in total. The Balaban J connectivity index is 2.29. The molecule has 0 aromatic rings. The zero-order valence-corrected chi connectivity index (χ0v) is 12.7. The van der Waals surface area contributed by atoms with E-state index in [2.05, 4.69) is 4.74 Å². The summed E-state index contributed by atoms with van der Waals surface area (Å²) in [4.78, 5) is 36.2. The van der Waals surface area contributed by atoms with Crippen LogP contribution in [0.25, 0.3) is 0 Å². The maximum absolute atomic E-state index is 11.7. The summed E-state index contributed by atoms with van der Waals surface area (Å²) in [5.74, 6) is -2.78. The van der Waals surface area contributed by atoms with E-state index in [-0.39, 0.29) is 17.9 Å². The molecule has 0 spiro atoms. The largest absolute Gasteiger partial charge is 0.478 e. The maximum atomic E-state index is 11.7. The molecule has 1 unspecified atom stereocenters. The number of allylic oxidation sites excluding steroid dienone is 3. The number of esters is 1. The molecule has 0 aromatic carbocycles. The van der Waals surface area contributed by atoms with Crippen LogP contribution in [-0.2, 0) is 19.1 Å². The molecule has 0 amide bonds. The first-order chi connectivity index (χ1) is 10.0. The van der Waals surface area contributed by atoms with E-state index >= 15 is 0 Å². The molecule has 0 radical (unpaired) electrons. The Labute approximate surface area is 127 Å². The van der Waals surface area contributed by atoms with E-state index < -0.39 is 17.7 Å². The molecule has 1 atom stereocenters. The number of carbonyl (C=O) groups is 3. The standard InChI is InChI=1S/C15H18O5S/c1-20-15(19)11(16)8-12-13(14(17)18)9-5-3-2-4-6-10(7-9)21-12/h7,9H,2-6,8H2,1H3,(H,17,18). The van der Waals surface area contributed by atoms with Crippen molar-refractivity contribution in [3.8, 4) is 0 Å². The SMILES string of the molecule is COC(=O)C(=O)CC1=C(C(=O)O)C2C=C(CCCCC2)S1. The van der Waals surface area contributed by atoms with E-state index in [0.29, 0.717) is 4.91 Å². The molecule has 2 rings (SSSR count). The third kappa shape index (κ3) is 3.75. The molecular weight excluding hydrogens is 292 g/mol. The number of ether oxygens (including phenoxy) is 1. The summed E-state index contributed by atoms with van der Waals surface area (Å²) in [5.41, 5.74) is 0.267. The Morgan fingerprint density at radius 3 is 2.76 bits per heavy atom. The van der Waals surface area contributed by atoms with Crippen LogP contribution in [0.5, 0.6) is 0 Å². The zero-order valence-electron chi connectivity index (χ0n) is 11.9. The van der Waals surface area contributed by atoms with Gasteiger partial charge in [-0.3, -0.25) is 4.79 Å². The topological polar surface area (TPSA) is 80.7 Å². The van der Waals surface area contributed by atoms with E-state index in [0.717, 1.165) is 44.1 Å². The van der Waals surface area contributed by atoms with E-state index in [1.165, 1.54) is 11.8 Å². The number of rotatable bonds is 4. The Morgan fingerprint density at radius 2 is 2.10 bits per heavy atom. The smallest absolute Gasteiger partial charge is 0.374 e. The summed E-state index contributed by atoms with van der Waals surface area (Å²) in [6.07, 6.45) is 6.66. The van der Waals surface area contributed by atoms with Gasteiger partial charge in [-0.1, -0.05) is 30.7 Å². The van der Waals surface area contributed by atoms with Crippen LogP contribution in [-0.4, -0.2) is 29.9 Å². The molecule has 0 saturated heterocycles. The van der Waals surface area contributed by atoms with Gasteiger partial charge in [0.1, 0.15) is 0 Å². The lowest BCUT2D eigenvalue weighted by Gasteiger charge is -2.26. The number of carbonyl (C=O) groups excluding carboxylic acids is 2. The first-order valence-electron chi connectivity index (χ1n) is 6.99. The predicted molar refractivity (Wildman–Crippen MR) is 78.6 cm³/mol. The first-order valence-corrected chi connectivity index (χ1v) is 7.80. The normalized spacial score (nSPS) is 22.0. The van der Waals surface area contributed by atoms with Gasteiger partial charge >= 0.3 is 11.9 Å². The van der Waals surface area contributed by atoms with E-state index in [4.69, 9.17) is 0 Å². The monoisotopic (exact) mass is 310 g/mol. The number of thioether (sulfide) groups is 1. The molecule has 1 heterocycles. The minimum atomic E-state index is -1.00. The van der Waals surface area contributed by atoms with Crippen molar-refractivity contribution in [2.75, 3.05) is 7.11 Å². The van der Waals surface area contributed by atoms with Crippen molar-refractivity contribution in [3.05, 3.63) is 21.5 Å². The minimum absolute atomic E-state index is 0.153. The van der Waals surface area contributed by atoms with Crippen molar-refractivity contribution in [3.63, 3.8) is 0 Å². The lowest BCUT2D eigenvalue weighted by Crippen LogP contribution is -2.21. The Morgan fingerprint density at radius 1 is 1.33 bits per heavy atom. The van der Waals surface area contributed by atoms with Gasteiger partial charge in [0.05, 0.1) is 12.7 Å². The summed E-state index contributed by atoms with van der Waals surface area (Å²) in [7, 11) is 1.15. The molecule has 1 aliphatic heterocycles. The third-order valence-corrected chi connectivity index (χ3v) is 4.93. The number of aliphatic carboxylic acids is 1. The van der Waals surface area contributed by atoms with Gasteiger partial charge in [0.25, 0.3) is 0 Å². The Hall–Kier alpha value is -1.56. The van der Waals surface area contributed by atoms with Crippen molar-refractivity contribution in [1.29, 1.82) is 0 Å². The van der Waals surface area contributed by atoms with Crippen LogP contribution < -0.4 is 0 Å². The first kappa shape index (κ1) is 15.8. The number of hydrogen-bond donors (Lipinski definition) is 1. The molecule has 21 heavy (non-hydrogen) atoms. The zero-order chi connectivity index (χ0) is 15.4. The Kier molecular flexibility index (Phi) is 5.22. The molecule has 0 fully saturated rings. The molecule has 114 valence electrons. The fraction of sp³-hybridized carbons (Fsp3) is 0.533. The number of carboxylic acid groups (broad SMARTS) is 1. The average molecular weight is 310 g/mol. The summed E-state index contributed by atoms with van der Waals surface area (Å²) < 4.78 is 4.41. The van der Waals surface area contributed by atoms with Crippen LogP contribution in [0.3, 0.4) is 0 Å². The minimum Gasteiger partial charge on any atom is -0.478 e. The quantitative estimate of drug-likeness (QED) is 0.635. The van der Waals surface area contributed by atoms with E-state index in [1.54, 1.807) is 0 Å². The number of fused-ring (bicyclic) bond motifs is 1. The van der Waals surface area contributed by atoms with Crippen molar-refractivity contribution >= 4 is 29.5 Å². The highest BCUT2D eigenvalue weighted by Gasteiger charge is 2.31. The second kappa shape index (κ2) is 6.93. The second-order valence-corrected chi connectivity index (χ2v) is 6.40. The fourth-order valence-corrected chi connectivity index (χ4v) is 4.05. The van der Waals surface area contributed by atoms with Crippen molar-refractivity contribution in [2.24, 2.45) is 5.92 Å². The predicted octanol–water partition coefficient (Wildman–Crippen LogP) is 2.67. The van der Waals surface area contributed by atoms with Gasteiger partial charge in [0.2, 0.25) is 5.78 Å². The van der Waals surface area contributed by atoms with Crippen molar-refractivity contribution in [2.45, 2.75) is 38.5 Å². The van der Waals surface area contributed by atoms with Crippen LogP contribution in [0.4, 0.5) is 0 Å². The second-order valence-electron chi connectivity index (χ2n) is 5.17. The average Bonchev–Trinajstić information content (AvgIpc) is 2.43. The number of methoxy groups -OCH3 is 1. The van der Waals surface area contributed by atoms with Gasteiger partial charge in [0, 0.05) is 17.2 Å². The summed E-state index contributed by atoms with van der Waals surface area (Å²) in [6, 6.07) is 0. The van der Waals surface area contributed by atoms with Crippen LogP contribution in [0.1, 0.15) is 38.5 Å². The fourth-order valence-electron chi connectivity index (χ4n) is 2.71. The molecule has 1 aliphatic carbocycles. The number of hydrogen-bond acceptors (Lipinski definition) is 5. The molecule has 2 bridgehead atoms. The van der Waals surface area contributed by atoms with Gasteiger partial charge < -0.3 is 9.84 Å². The van der Waals surface area contributed by atoms with Crippen LogP contribution in [0.15, 0.2) is 21.5 Å².